The van der Waals surface area contributed by atoms with Crippen LogP contribution in [0.3, 0.4) is 0 Å². The first-order valence-electron chi connectivity index (χ1n) is 12.1. The molecule has 1 saturated heterocycles. The van der Waals surface area contributed by atoms with E-state index in [0.29, 0.717) is 42.5 Å². The van der Waals surface area contributed by atoms with E-state index in [-0.39, 0.29) is 16.8 Å². The zero-order valence-electron chi connectivity index (χ0n) is 20.4. The van der Waals surface area contributed by atoms with Crippen LogP contribution in [0, 0.1) is 0 Å². The molecule has 4 aromatic rings. The van der Waals surface area contributed by atoms with Crippen LogP contribution in [-0.4, -0.2) is 48.0 Å². The summed E-state index contributed by atoms with van der Waals surface area (Å²) in [4.78, 5) is 29.1. The third kappa shape index (κ3) is 6.04. The SMILES string of the molecule is O=C(NC(=S)Nc1ccc(N2CCN(C(=O)/C=C/c3ccccc3)CC2)c(Cl)c1)c1cc2ccccc2o1. The van der Waals surface area contributed by atoms with Crippen molar-refractivity contribution in [2.24, 2.45) is 0 Å². The van der Waals surface area contributed by atoms with E-state index < -0.39 is 5.91 Å². The predicted molar refractivity (Wildman–Crippen MR) is 156 cm³/mol. The summed E-state index contributed by atoms with van der Waals surface area (Å²) in [6.07, 6.45) is 3.45. The minimum Gasteiger partial charge on any atom is -0.451 e. The number of carbonyl (C=O) groups is 2. The first-order valence-corrected chi connectivity index (χ1v) is 12.9. The van der Waals surface area contributed by atoms with Crippen LogP contribution in [0.1, 0.15) is 16.1 Å². The number of halogens is 1. The van der Waals surface area contributed by atoms with Gasteiger partial charge in [0.05, 0.1) is 10.7 Å². The van der Waals surface area contributed by atoms with Crippen LogP contribution in [0.5, 0.6) is 0 Å². The minimum absolute atomic E-state index is 0.00245. The van der Waals surface area contributed by atoms with Gasteiger partial charge in [0.25, 0.3) is 5.91 Å². The van der Waals surface area contributed by atoms with E-state index in [0.717, 1.165) is 16.6 Å². The molecule has 0 spiro atoms. The molecule has 1 aliphatic rings. The Morgan fingerprint density at radius 2 is 1.66 bits per heavy atom. The summed E-state index contributed by atoms with van der Waals surface area (Å²) in [7, 11) is 0. The number of nitrogens with zero attached hydrogens (tertiary/aromatic N) is 2. The van der Waals surface area contributed by atoms with Crippen molar-refractivity contribution in [1.82, 2.24) is 10.2 Å². The van der Waals surface area contributed by atoms with Crippen LogP contribution >= 0.6 is 23.8 Å². The van der Waals surface area contributed by atoms with Crippen LogP contribution in [0.2, 0.25) is 5.02 Å². The highest BCUT2D eigenvalue weighted by Gasteiger charge is 2.21. The zero-order valence-corrected chi connectivity index (χ0v) is 22.0. The maximum absolute atomic E-state index is 12.6. The summed E-state index contributed by atoms with van der Waals surface area (Å²) in [5.41, 5.74) is 3.15. The van der Waals surface area contributed by atoms with Crippen LogP contribution in [0.4, 0.5) is 11.4 Å². The molecular formula is C29H25ClN4O3S. The van der Waals surface area contributed by atoms with E-state index in [2.05, 4.69) is 15.5 Å². The molecule has 2 heterocycles. The number of para-hydroxylation sites is 1. The van der Waals surface area contributed by atoms with Crippen molar-refractivity contribution in [3.8, 4) is 0 Å². The highest BCUT2D eigenvalue weighted by atomic mass is 35.5. The third-order valence-electron chi connectivity index (χ3n) is 6.23. The van der Waals surface area contributed by atoms with E-state index >= 15 is 0 Å². The molecule has 1 aliphatic heterocycles. The summed E-state index contributed by atoms with van der Waals surface area (Å²) in [6, 6.07) is 24.3. The molecule has 0 atom stereocenters. The number of fused-ring (bicyclic) bond motifs is 1. The van der Waals surface area contributed by atoms with Gasteiger partial charge in [0, 0.05) is 43.3 Å². The van der Waals surface area contributed by atoms with E-state index in [1.165, 1.54) is 0 Å². The molecule has 0 saturated carbocycles. The number of piperazine rings is 1. The van der Waals surface area contributed by atoms with Crippen molar-refractivity contribution in [2.45, 2.75) is 0 Å². The molecule has 0 unspecified atom stereocenters. The summed E-state index contributed by atoms with van der Waals surface area (Å²) in [5, 5.41) is 7.14. The lowest BCUT2D eigenvalue weighted by Gasteiger charge is -2.36. The van der Waals surface area contributed by atoms with E-state index in [1.807, 2.05) is 71.6 Å². The van der Waals surface area contributed by atoms with Gasteiger partial charge in [-0.1, -0.05) is 60.1 Å². The molecule has 3 aromatic carbocycles. The fourth-order valence-electron chi connectivity index (χ4n) is 4.27. The van der Waals surface area contributed by atoms with Gasteiger partial charge in [0.15, 0.2) is 10.9 Å². The maximum atomic E-state index is 12.6. The third-order valence-corrected chi connectivity index (χ3v) is 6.74. The largest absolute Gasteiger partial charge is 0.451 e. The van der Waals surface area contributed by atoms with Crippen molar-refractivity contribution in [3.63, 3.8) is 0 Å². The second-order valence-corrected chi connectivity index (χ2v) is 9.59. The van der Waals surface area contributed by atoms with Gasteiger partial charge in [0.2, 0.25) is 5.91 Å². The number of rotatable bonds is 5. The van der Waals surface area contributed by atoms with Gasteiger partial charge < -0.3 is 19.5 Å². The Labute approximate surface area is 230 Å². The maximum Gasteiger partial charge on any atom is 0.293 e. The Morgan fingerprint density at radius 1 is 0.921 bits per heavy atom. The van der Waals surface area contributed by atoms with Gasteiger partial charge in [-0.2, -0.15) is 0 Å². The molecule has 5 rings (SSSR count). The second-order valence-electron chi connectivity index (χ2n) is 8.78. The molecule has 0 radical (unpaired) electrons. The van der Waals surface area contributed by atoms with Crippen LogP contribution in [0.15, 0.2) is 89.4 Å². The molecule has 2 N–H and O–H groups in total. The summed E-state index contributed by atoms with van der Waals surface area (Å²) in [6.45, 7) is 2.55. The molecule has 0 aliphatic carbocycles. The number of nitrogens with one attached hydrogen (secondary N) is 2. The molecular weight excluding hydrogens is 520 g/mol. The normalized spacial score (nSPS) is 13.6. The number of hydrogen-bond acceptors (Lipinski definition) is 5. The predicted octanol–water partition coefficient (Wildman–Crippen LogP) is 5.58. The van der Waals surface area contributed by atoms with Crippen molar-refractivity contribution in [2.75, 3.05) is 36.4 Å². The average Bonchev–Trinajstić information content (AvgIpc) is 3.37. The molecule has 1 aromatic heterocycles. The van der Waals surface area contributed by atoms with Gasteiger partial charge in [-0.15, -0.1) is 0 Å². The fourth-order valence-corrected chi connectivity index (χ4v) is 4.78. The first-order chi connectivity index (χ1) is 18.5. The van der Waals surface area contributed by atoms with Crippen molar-refractivity contribution in [3.05, 3.63) is 101 Å². The lowest BCUT2D eigenvalue weighted by atomic mass is 10.2. The number of benzene rings is 3. The van der Waals surface area contributed by atoms with Crippen LogP contribution in [0.25, 0.3) is 17.0 Å². The van der Waals surface area contributed by atoms with E-state index in [1.54, 1.807) is 24.3 Å². The summed E-state index contributed by atoms with van der Waals surface area (Å²) < 4.78 is 5.58. The Balaban J connectivity index is 1.14. The minimum atomic E-state index is -0.438. The number of thiocarbonyl (C=S) groups is 1. The monoisotopic (exact) mass is 544 g/mol. The Bertz CT molecular complexity index is 1480. The second kappa shape index (κ2) is 11.5. The van der Waals surface area contributed by atoms with Crippen LogP contribution in [-0.2, 0) is 4.79 Å². The molecule has 38 heavy (non-hydrogen) atoms. The lowest BCUT2D eigenvalue weighted by molar-refractivity contribution is -0.126. The highest BCUT2D eigenvalue weighted by Crippen LogP contribution is 2.30. The van der Waals surface area contributed by atoms with Crippen molar-refractivity contribution < 1.29 is 14.0 Å². The number of anilines is 2. The average molecular weight is 545 g/mol. The van der Waals surface area contributed by atoms with Crippen molar-refractivity contribution in [1.29, 1.82) is 0 Å². The van der Waals surface area contributed by atoms with E-state index in [4.69, 9.17) is 28.2 Å². The number of hydrogen-bond donors (Lipinski definition) is 2. The number of furan rings is 1. The van der Waals surface area contributed by atoms with Gasteiger partial charge in [-0.3, -0.25) is 14.9 Å². The van der Waals surface area contributed by atoms with Gasteiger partial charge in [0.1, 0.15) is 5.58 Å². The molecule has 1 fully saturated rings. The standard InChI is InChI=1S/C29H25ClN4O3S/c30-23-19-22(31-29(38)32-28(36)26-18-21-8-4-5-9-25(21)37-26)11-12-24(23)33-14-16-34(17-15-33)27(35)13-10-20-6-2-1-3-7-20/h1-13,18-19H,14-17H2,(H2,31,32,36,38)/b13-10+. The number of carbonyl (C=O) groups excluding carboxylic acids is 2. The summed E-state index contributed by atoms with van der Waals surface area (Å²) in [5.74, 6) is -0.262. The van der Waals surface area contributed by atoms with Gasteiger partial charge >= 0.3 is 0 Å². The van der Waals surface area contributed by atoms with Gasteiger partial charge in [-0.05, 0) is 54.2 Å². The molecule has 192 valence electrons. The molecule has 0 bridgehead atoms. The first kappa shape index (κ1) is 25.5. The lowest BCUT2D eigenvalue weighted by Crippen LogP contribution is -2.48. The molecule has 9 heteroatoms. The molecule has 2 amide bonds. The fraction of sp³-hybridized carbons (Fsp3) is 0.138. The topological polar surface area (TPSA) is 77.8 Å². The van der Waals surface area contributed by atoms with Crippen molar-refractivity contribution >= 4 is 69.2 Å². The molecule has 7 nitrogen and oxygen atoms in total. The van der Waals surface area contributed by atoms with Crippen LogP contribution < -0.4 is 15.5 Å². The Kier molecular flexibility index (Phi) is 7.72. The smallest absolute Gasteiger partial charge is 0.293 e. The number of amides is 2. The Morgan fingerprint density at radius 3 is 2.39 bits per heavy atom. The van der Waals surface area contributed by atoms with E-state index in [9.17, 15) is 9.59 Å². The quantitative estimate of drug-likeness (QED) is 0.252. The van der Waals surface area contributed by atoms with Gasteiger partial charge in [-0.25, -0.2) is 0 Å². The Hall–Kier alpha value is -4.14. The zero-order chi connectivity index (χ0) is 26.5. The highest BCUT2D eigenvalue weighted by molar-refractivity contribution is 7.80. The summed E-state index contributed by atoms with van der Waals surface area (Å²) >= 11 is 11.9.